The Kier molecular flexibility index (Phi) is 4.12. The predicted octanol–water partition coefficient (Wildman–Crippen LogP) is 0.267. The van der Waals surface area contributed by atoms with Crippen LogP contribution in [0.1, 0.15) is 13.3 Å². The van der Waals surface area contributed by atoms with Gasteiger partial charge in [0.15, 0.2) is 0 Å². The maximum Gasteiger partial charge on any atom is 0.225 e. The van der Waals surface area contributed by atoms with E-state index in [4.69, 9.17) is 10.8 Å². The lowest BCUT2D eigenvalue weighted by atomic mass is 10.4. The molecule has 14 heavy (non-hydrogen) atoms. The zero-order valence-electron chi connectivity index (χ0n) is 8.35. The molecule has 0 spiro atoms. The number of hydrogen-bond acceptors (Lipinski definition) is 5. The van der Waals surface area contributed by atoms with E-state index in [0.717, 1.165) is 13.0 Å². The van der Waals surface area contributed by atoms with Crippen LogP contribution in [0.4, 0.5) is 11.6 Å². The fraction of sp³-hybridized carbons (Fsp3) is 0.556. The van der Waals surface area contributed by atoms with Gasteiger partial charge in [0.1, 0.15) is 0 Å². The quantitative estimate of drug-likeness (QED) is 0.707. The van der Waals surface area contributed by atoms with Crippen LogP contribution in [0.2, 0.25) is 0 Å². The summed E-state index contributed by atoms with van der Waals surface area (Å²) in [6.07, 6.45) is 4.14. The Bertz CT molecular complexity index is 256. The summed E-state index contributed by atoms with van der Waals surface area (Å²) in [6.45, 7) is 3.57. The largest absolute Gasteiger partial charge is 0.396 e. The minimum atomic E-state index is 0.105. The highest BCUT2D eigenvalue weighted by atomic mass is 16.3. The van der Waals surface area contributed by atoms with Crippen molar-refractivity contribution < 1.29 is 5.11 Å². The van der Waals surface area contributed by atoms with Crippen molar-refractivity contribution in [1.82, 2.24) is 9.97 Å². The number of nitrogens with zero attached hydrogens (tertiary/aromatic N) is 3. The number of nitrogen functional groups attached to an aromatic ring is 1. The zero-order chi connectivity index (χ0) is 10.4. The third-order valence-electron chi connectivity index (χ3n) is 1.80. The Morgan fingerprint density at radius 3 is 2.50 bits per heavy atom. The van der Waals surface area contributed by atoms with Crippen LogP contribution >= 0.6 is 0 Å². The summed E-state index contributed by atoms with van der Waals surface area (Å²) in [6, 6.07) is 0. The highest BCUT2D eigenvalue weighted by Gasteiger charge is 2.06. The van der Waals surface area contributed by atoms with Crippen LogP contribution in [-0.2, 0) is 0 Å². The van der Waals surface area contributed by atoms with Crippen LogP contribution < -0.4 is 10.6 Å². The minimum Gasteiger partial charge on any atom is -0.396 e. The van der Waals surface area contributed by atoms with Crippen LogP contribution in [0.5, 0.6) is 0 Å². The first-order valence-electron chi connectivity index (χ1n) is 4.71. The molecule has 0 aliphatic heterocycles. The number of nitrogens with two attached hydrogens (primary N) is 1. The molecule has 3 N–H and O–H groups in total. The van der Waals surface area contributed by atoms with Crippen molar-refractivity contribution >= 4 is 11.6 Å². The Morgan fingerprint density at radius 2 is 2.00 bits per heavy atom. The summed E-state index contributed by atoms with van der Waals surface area (Å²) < 4.78 is 0. The van der Waals surface area contributed by atoms with Crippen molar-refractivity contribution in [1.29, 1.82) is 0 Å². The van der Waals surface area contributed by atoms with E-state index in [1.54, 1.807) is 12.4 Å². The van der Waals surface area contributed by atoms with Crippen molar-refractivity contribution in [3.05, 3.63) is 12.4 Å². The molecular formula is C9H16N4O. The number of rotatable bonds is 5. The standard InChI is InChI=1S/C9H16N4O/c1-2-3-13(4-5-14)9-11-6-8(10)7-12-9/h6-7,14H,2-5,10H2,1H3. The first-order chi connectivity index (χ1) is 6.77. The summed E-state index contributed by atoms with van der Waals surface area (Å²) in [5.74, 6) is 0.620. The van der Waals surface area contributed by atoms with Crippen LogP contribution in [0.3, 0.4) is 0 Å². The van der Waals surface area contributed by atoms with E-state index in [1.807, 2.05) is 4.90 Å². The first kappa shape index (κ1) is 10.7. The fourth-order valence-corrected chi connectivity index (χ4v) is 1.20. The van der Waals surface area contributed by atoms with Gasteiger partial charge in [-0.1, -0.05) is 6.92 Å². The van der Waals surface area contributed by atoms with Crippen molar-refractivity contribution in [2.45, 2.75) is 13.3 Å². The Hall–Kier alpha value is -1.36. The number of aromatic nitrogens is 2. The maximum atomic E-state index is 8.86. The molecule has 0 bridgehead atoms. The Labute approximate surface area is 83.6 Å². The molecule has 0 fully saturated rings. The Balaban J connectivity index is 2.71. The number of anilines is 2. The van der Waals surface area contributed by atoms with Gasteiger partial charge in [-0.2, -0.15) is 0 Å². The molecule has 78 valence electrons. The molecule has 0 aliphatic rings. The SMILES string of the molecule is CCCN(CCO)c1ncc(N)cn1. The number of hydrogen-bond donors (Lipinski definition) is 2. The van der Waals surface area contributed by atoms with Crippen molar-refractivity contribution in [3.8, 4) is 0 Å². The molecule has 0 atom stereocenters. The third kappa shape index (κ3) is 2.85. The topological polar surface area (TPSA) is 75.3 Å². The summed E-state index contributed by atoms with van der Waals surface area (Å²) in [5, 5.41) is 8.86. The molecule has 0 saturated carbocycles. The Morgan fingerprint density at radius 1 is 1.36 bits per heavy atom. The molecule has 0 aromatic carbocycles. The maximum absolute atomic E-state index is 8.86. The summed E-state index contributed by atoms with van der Waals surface area (Å²) in [4.78, 5) is 10.1. The molecule has 0 saturated heterocycles. The zero-order valence-corrected chi connectivity index (χ0v) is 8.35. The smallest absolute Gasteiger partial charge is 0.225 e. The van der Waals surface area contributed by atoms with E-state index in [1.165, 1.54) is 0 Å². The molecule has 0 radical (unpaired) electrons. The normalized spacial score (nSPS) is 10.1. The molecule has 0 aliphatic carbocycles. The highest BCUT2D eigenvalue weighted by molar-refractivity contribution is 5.37. The van der Waals surface area contributed by atoms with Crippen molar-refractivity contribution in [2.24, 2.45) is 0 Å². The lowest BCUT2D eigenvalue weighted by Crippen LogP contribution is -2.29. The molecule has 1 rings (SSSR count). The van der Waals surface area contributed by atoms with Crippen molar-refractivity contribution in [3.63, 3.8) is 0 Å². The molecule has 1 heterocycles. The number of aliphatic hydroxyl groups is 1. The van der Waals surface area contributed by atoms with Gasteiger partial charge in [-0.3, -0.25) is 0 Å². The molecule has 1 aromatic heterocycles. The van der Waals surface area contributed by atoms with E-state index in [2.05, 4.69) is 16.9 Å². The monoisotopic (exact) mass is 196 g/mol. The fourth-order valence-electron chi connectivity index (χ4n) is 1.20. The average molecular weight is 196 g/mol. The van der Waals surface area contributed by atoms with Crippen LogP contribution in [0, 0.1) is 0 Å². The van der Waals surface area contributed by atoms with Gasteiger partial charge in [-0.15, -0.1) is 0 Å². The van der Waals surface area contributed by atoms with E-state index in [0.29, 0.717) is 18.2 Å². The van der Waals surface area contributed by atoms with E-state index >= 15 is 0 Å². The van der Waals surface area contributed by atoms with E-state index in [9.17, 15) is 0 Å². The molecule has 1 aromatic rings. The molecule has 5 nitrogen and oxygen atoms in total. The second-order valence-electron chi connectivity index (χ2n) is 3.03. The molecule has 0 unspecified atom stereocenters. The van der Waals surface area contributed by atoms with Gasteiger partial charge in [-0.05, 0) is 6.42 Å². The van der Waals surface area contributed by atoms with Gasteiger partial charge < -0.3 is 15.7 Å². The van der Waals surface area contributed by atoms with Gasteiger partial charge in [0.25, 0.3) is 0 Å². The van der Waals surface area contributed by atoms with E-state index in [-0.39, 0.29) is 6.61 Å². The third-order valence-corrected chi connectivity index (χ3v) is 1.80. The highest BCUT2D eigenvalue weighted by Crippen LogP contribution is 2.07. The van der Waals surface area contributed by atoms with Crippen LogP contribution in [0.25, 0.3) is 0 Å². The molecule has 0 amide bonds. The van der Waals surface area contributed by atoms with Gasteiger partial charge in [0.2, 0.25) is 5.95 Å². The minimum absolute atomic E-state index is 0.105. The second-order valence-corrected chi connectivity index (χ2v) is 3.03. The summed E-state index contributed by atoms with van der Waals surface area (Å²) in [5.41, 5.74) is 6.03. The second kappa shape index (κ2) is 5.39. The predicted molar refractivity (Wildman–Crippen MR) is 56.0 cm³/mol. The molecular weight excluding hydrogens is 180 g/mol. The van der Waals surface area contributed by atoms with Crippen LogP contribution in [0.15, 0.2) is 12.4 Å². The van der Waals surface area contributed by atoms with Gasteiger partial charge in [0, 0.05) is 13.1 Å². The van der Waals surface area contributed by atoms with Crippen LogP contribution in [-0.4, -0.2) is 34.8 Å². The summed E-state index contributed by atoms with van der Waals surface area (Å²) in [7, 11) is 0. The first-order valence-corrected chi connectivity index (χ1v) is 4.71. The van der Waals surface area contributed by atoms with Gasteiger partial charge in [-0.25, -0.2) is 9.97 Å². The number of aliphatic hydroxyl groups excluding tert-OH is 1. The average Bonchev–Trinajstić information content (AvgIpc) is 2.19. The lowest BCUT2D eigenvalue weighted by Gasteiger charge is -2.20. The van der Waals surface area contributed by atoms with Crippen molar-refractivity contribution in [2.75, 3.05) is 30.3 Å². The lowest BCUT2D eigenvalue weighted by molar-refractivity contribution is 0.301. The molecule has 5 heteroatoms. The van der Waals surface area contributed by atoms with E-state index < -0.39 is 0 Å². The summed E-state index contributed by atoms with van der Waals surface area (Å²) >= 11 is 0. The van der Waals surface area contributed by atoms with Gasteiger partial charge in [0.05, 0.1) is 24.7 Å². The van der Waals surface area contributed by atoms with Gasteiger partial charge >= 0.3 is 0 Å².